The van der Waals surface area contributed by atoms with Crippen LogP contribution in [-0.4, -0.2) is 42.6 Å². The van der Waals surface area contributed by atoms with E-state index in [9.17, 15) is 9.90 Å². The number of phenolic OH excluding ortho intramolecular Hbond substituents is 1. The van der Waals surface area contributed by atoms with Gasteiger partial charge in [-0.15, -0.1) is 0 Å². The van der Waals surface area contributed by atoms with Gasteiger partial charge in [0.15, 0.2) is 0 Å². The Morgan fingerprint density at radius 2 is 2.05 bits per heavy atom. The molecule has 0 aliphatic rings. The number of benzene rings is 1. The molecule has 0 aliphatic heterocycles. The van der Waals surface area contributed by atoms with Crippen LogP contribution in [-0.2, 0) is 0 Å². The van der Waals surface area contributed by atoms with E-state index in [1.165, 1.54) is 12.1 Å². The average Bonchev–Trinajstić information content (AvgIpc) is 2.30. The van der Waals surface area contributed by atoms with E-state index in [1.54, 1.807) is 6.07 Å². The summed E-state index contributed by atoms with van der Waals surface area (Å²) >= 11 is 5.84. The summed E-state index contributed by atoms with van der Waals surface area (Å²) in [6.07, 6.45) is 0. The van der Waals surface area contributed by atoms with Crippen LogP contribution in [0, 0.1) is 5.92 Å². The molecule has 0 bridgehead atoms. The van der Waals surface area contributed by atoms with Crippen LogP contribution in [0.2, 0.25) is 5.02 Å². The molecule has 0 spiro atoms. The van der Waals surface area contributed by atoms with Crippen molar-refractivity contribution in [2.24, 2.45) is 5.92 Å². The van der Waals surface area contributed by atoms with Gasteiger partial charge < -0.3 is 15.3 Å². The Bertz CT molecular complexity index is 447. The lowest BCUT2D eigenvalue weighted by Gasteiger charge is -2.25. The summed E-state index contributed by atoms with van der Waals surface area (Å²) in [5, 5.41) is 13.1. The summed E-state index contributed by atoms with van der Waals surface area (Å²) in [4.78, 5) is 14.2. The van der Waals surface area contributed by atoms with Crippen molar-refractivity contribution in [3.63, 3.8) is 0 Å². The molecule has 0 saturated carbocycles. The summed E-state index contributed by atoms with van der Waals surface area (Å²) in [5.41, 5.74) is 0.205. The number of nitrogens with one attached hydrogen (secondary N) is 1. The van der Waals surface area contributed by atoms with Crippen molar-refractivity contribution in [1.82, 2.24) is 10.2 Å². The van der Waals surface area contributed by atoms with Crippen LogP contribution in [0.3, 0.4) is 0 Å². The van der Waals surface area contributed by atoms with E-state index in [2.05, 4.69) is 5.32 Å². The van der Waals surface area contributed by atoms with Crippen LogP contribution in [0.5, 0.6) is 5.75 Å². The third-order valence-corrected chi connectivity index (χ3v) is 3.12. The topological polar surface area (TPSA) is 52.6 Å². The maximum atomic E-state index is 12.2. The number of hydrogen-bond donors (Lipinski definition) is 2. The highest BCUT2D eigenvalue weighted by atomic mass is 35.5. The lowest BCUT2D eigenvalue weighted by molar-refractivity contribution is 0.0914. The molecule has 1 amide bonds. The molecule has 2 N–H and O–H groups in total. The molecule has 1 aromatic rings. The minimum Gasteiger partial charge on any atom is -0.507 e. The Morgan fingerprint density at radius 1 is 1.42 bits per heavy atom. The van der Waals surface area contributed by atoms with Gasteiger partial charge in [0.1, 0.15) is 5.75 Å². The SMILES string of the molecule is CC(C)C(CN(C)C)NC(=O)c1cc(Cl)ccc1O. The van der Waals surface area contributed by atoms with Crippen molar-refractivity contribution < 1.29 is 9.90 Å². The largest absolute Gasteiger partial charge is 0.507 e. The van der Waals surface area contributed by atoms with Crippen LogP contribution in [0.15, 0.2) is 18.2 Å². The molecule has 0 saturated heterocycles. The van der Waals surface area contributed by atoms with Crippen molar-refractivity contribution in [3.05, 3.63) is 28.8 Å². The van der Waals surface area contributed by atoms with Crippen LogP contribution in [0.1, 0.15) is 24.2 Å². The molecule has 4 nitrogen and oxygen atoms in total. The van der Waals surface area contributed by atoms with Crippen LogP contribution < -0.4 is 5.32 Å². The predicted octanol–water partition coefficient (Wildman–Crippen LogP) is 2.36. The standard InChI is InChI=1S/C14H21ClN2O2/c1-9(2)12(8-17(3)4)16-14(19)11-7-10(15)5-6-13(11)18/h5-7,9,12,18H,8H2,1-4H3,(H,16,19). The highest BCUT2D eigenvalue weighted by Crippen LogP contribution is 2.21. The zero-order valence-corrected chi connectivity index (χ0v) is 12.5. The number of carbonyl (C=O) groups excluding carboxylic acids is 1. The molecule has 1 unspecified atom stereocenters. The van der Waals surface area contributed by atoms with E-state index in [1.807, 2.05) is 32.8 Å². The normalized spacial score (nSPS) is 12.8. The molecule has 0 fully saturated rings. The zero-order valence-electron chi connectivity index (χ0n) is 11.8. The fourth-order valence-corrected chi connectivity index (χ4v) is 1.92. The summed E-state index contributed by atoms with van der Waals surface area (Å²) in [7, 11) is 3.91. The molecule has 0 radical (unpaired) electrons. The number of amides is 1. The minimum absolute atomic E-state index is 0.0147. The van der Waals surface area contributed by atoms with Gasteiger partial charge in [-0.1, -0.05) is 25.4 Å². The van der Waals surface area contributed by atoms with Crippen molar-refractivity contribution in [2.45, 2.75) is 19.9 Å². The van der Waals surface area contributed by atoms with E-state index in [0.29, 0.717) is 10.9 Å². The number of phenols is 1. The first-order chi connectivity index (χ1) is 8.81. The Hall–Kier alpha value is -1.26. The molecule has 19 heavy (non-hydrogen) atoms. The van der Waals surface area contributed by atoms with Gasteiger partial charge in [0.25, 0.3) is 5.91 Å². The number of carbonyl (C=O) groups is 1. The summed E-state index contributed by atoms with van der Waals surface area (Å²) in [6, 6.07) is 4.46. The van der Waals surface area contributed by atoms with Crippen molar-refractivity contribution in [3.8, 4) is 5.75 Å². The number of aromatic hydroxyl groups is 1. The third-order valence-electron chi connectivity index (χ3n) is 2.89. The quantitative estimate of drug-likeness (QED) is 0.873. The van der Waals surface area contributed by atoms with E-state index in [0.717, 1.165) is 6.54 Å². The minimum atomic E-state index is -0.305. The van der Waals surface area contributed by atoms with Gasteiger partial charge in [-0.3, -0.25) is 4.79 Å². The Balaban J connectivity index is 2.84. The first-order valence-corrected chi connectivity index (χ1v) is 6.63. The molecule has 0 aromatic heterocycles. The van der Waals surface area contributed by atoms with Crippen LogP contribution >= 0.6 is 11.6 Å². The molecule has 0 aliphatic carbocycles. The lowest BCUT2D eigenvalue weighted by Crippen LogP contribution is -2.45. The number of rotatable bonds is 5. The predicted molar refractivity (Wildman–Crippen MR) is 77.8 cm³/mol. The van der Waals surface area contributed by atoms with Crippen molar-refractivity contribution in [2.75, 3.05) is 20.6 Å². The fraction of sp³-hybridized carbons (Fsp3) is 0.500. The number of halogens is 1. The smallest absolute Gasteiger partial charge is 0.255 e. The van der Waals surface area contributed by atoms with Gasteiger partial charge in [0.05, 0.1) is 5.56 Å². The van der Waals surface area contributed by atoms with E-state index in [4.69, 9.17) is 11.6 Å². The Kier molecular flexibility index (Phi) is 5.63. The molecular weight excluding hydrogens is 264 g/mol. The highest BCUT2D eigenvalue weighted by molar-refractivity contribution is 6.31. The Labute approximate surface area is 119 Å². The van der Waals surface area contributed by atoms with E-state index in [-0.39, 0.29) is 23.3 Å². The third kappa shape index (κ3) is 4.73. The number of nitrogens with zero attached hydrogens (tertiary/aromatic N) is 1. The fourth-order valence-electron chi connectivity index (χ4n) is 1.75. The van der Waals surface area contributed by atoms with Crippen LogP contribution in [0.4, 0.5) is 0 Å². The molecule has 1 rings (SSSR count). The maximum Gasteiger partial charge on any atom is 0.255 e. The average molecular weight is 285 g/mol. The van der Waals surface area contributed by atoms with Gasteiger partial charge >= 0.3 is 0 Å². The van der Waals surface area contributed by atoms with Gasteiger partial charge in [0.2, 0.25) is 0 Å². The molecule has 5 heteroatoms. The maximum absolute atomic E-state index is 12.2. The van der Waals surface area contributed by atoms with Crippen molar-refractivity contribution in [1.29, 1.82) is 0 Å². The number of hydrogen-bond acceptors (Lipinski definition) is 3. The van der Waals surface area contributed by atoms with Gasteiger partial charge in [-0.2, -0.15) is 0 Å². The van der Waals surface area contributed by atoms with Gasteiger partial charge in [-0.05, 0) is 38.2 Å². The molecule has 106 valence electrons. The van der Waals surface area contributed by atoms with E-state index >= 15 is 0 Å². The van der Waals surface area contributed by atoms with Gasteiger partial charge in [0, 0.05) is 17.6 Å². The summed E-state index contributed by atoms with van der Waals surface area (Å²) < 4.78 is 0. The van der Waals surface area contributed by atoms with Crippen LogP contribution in [0.25, 0.3) is 0 Å². The second kappa shape index (κ2) is 6.78. The highest BCUT2D eigenvalue weighted by Gasteiger charge is 2.19. The summed E-state index contributed by atoms with van der Waals surface area (Å²) in [5.74, 6) is -0.0671. The van der Waals surface area contributed by atoms with Gasteiger partial charge in [-0.25, -0.2) is 0 Å². The molecular formula is C14H21ClN2O2. The molecule has 1 atom stereocenters. The van der Waals surface area contributed by atoms with Crippen molar-refractivity contribution >= 4 is 17.5 Å². The first-order valence-electron chi connectivity index (χ1n) is 6.25. The number of likely N-dealkylation sites (N-methyl/N-ethyl adjacent to an activating group) is 1. The zero-order chi connectivity index (χ0) is 14.6. The lowest BCUT2D eigenvalue weighted by atomic mass is 10.0. The first kappa shape index (κ1) is 15.8. The second-order valence-electron chi connectivity index (χ2n) is 5.25. The summed E-state index contributed by atoms with van der Waals surface area (Å²) in [6.45, 7) is 4.84. The molecule has 0 heterocycles. The molecule has 1 aromatic carbocycles. The Morgan fingerprint density at radius 3 is 2.58 bits per heavy atom. The second-order valence-corrected chi connectivity index (χ2v) is 5.68. The monoisotopic (exact) mass is 284 g/mol. The van der Waals surface area contributed by atoms with E-state index < -0.39 is 0 Å².